The van der Waals surface area contributed by atoms with Crippen LogP contribution in [-0.4, -0.2) is 48.3 Å². The van der Waals surface area contributed by atoms with E-state index >= 15 is 0 Å². The monoisotopic (exact) mass is 184 g/mol. The van der Waals surface area contributed by atoms with Crippen LogP contribution in [0.15, 0.2) is 5.51 Å². The number of piperazine rings is 1. The van der Waals surface area contributed by atoms with Crippen molar-refractivity contribution in [2.75, 3.05) is 38.1 Å². The molecule has 0 N–H and O–H groups in total. The standard InChI is InChI=1S/C7H12N4S/c1-10-2-4-11(5-3-10)7-9-8-6-12-7/h6H,2-5H2,1H3. The van der Waals surface area contributed by atoms with Gasteiger partial charge in [-0.1, -0.05) is 11.3 Å². The Hall–Kier alpha value is -0.680. The van der Waals surface area contributed by atoms with Gasteiger partial charge in [0.15, 0.2) is 0 Å². The first kappa shape index (κ1) is 7.94. The summed E-state index contributed by atoms with van der Waals surface area (Å²) >= 11 is 1.62. The molecule has 0 aliphatic carbocycles. The van der Waals surface area contributed by atoms with E-state index in [9.17, 15) is 0 Å². The van der Waals surface area contributed by atoms with E-state index in [1.54, 1.807) is 16.8 Å². The lowest BCUT2D eigenvalue weighted by atomic mass is 10.3. The molecule has 1 aromatic rings. The van der Waals surface area contributed by atoms with E-state index in [0.29, 0.717) is 0 Å². The maximum atomic E-state index is 4.04. The van der Waals surface area contributed by atoms with E-state index in [4.69, 9.17) is 0 Å². The molecule has 1 saturated heterocycles. The summed E-state index contributed by atoms with van der Waals surface area (Å²) in [6.07, 6.45) is 0. The third-order valence-electron chi connectivity index (χ3n) is 2.12. The molecule has 1 aromatic heterocycles. The molecular formula is C7H12N4S. The van der Waals surface area contributed by atoms with Crippen LogP contribution < -0.4 is 4.90 Å². The second kappa shape index (κ2) is 3.37. The predicted octanol–water partition coefficient (Wildman–Crippen LogP) is 0.290. The molecule has 0 spiro atoms. The van der Waals surface area contributed by atoms with Crippen molar-refractivity contribution in [3.8, 4) is 0 Å². The second-order valence-electron chi connectivity index (χ2n) is 3.01. The molecule has 4 nitrogen and oxygen atoms in total. The molecule has 1 aliphatic heterocycles. The molecule has 1 aliphatic rings. The molecule has 12 heavy (non-hydrogen) atoms. The number of hydrogen-bond donors (Lipinski definition) is 0. The van der Waals surface area contributed by atoms with Gasteiger partial charge < -0.3 is 9.80 Å². The van der Waals surface area contributed by atoms with Crippen molar-refractivity contribution in [3.63, 3.8) is 0 Å². The van der Waals surface area contributed by atoms with Crippen LogP contribution >= 0.6 is 11.3 Å². The highest BCUT2D eigenvalue weighted by Gasteiger charge is 2.15. The summed E-state index contributed by atoms with van der Waals surface area (Å²) in [7, 11) is 2.15. The van der Waals surface area contributed by atoms with Gasteiger partial charge >= 0.3 is 0 Å². The number of likely N-dealkylation sites (N-methyl/N-ethyl adjacent to an activating group) is 1. The van der Waals surface area contributed by atoms with Crippen LogP contribution in [0.25, 0.3) is 0 Å². The Morgan fingerprint density at radius 3 is 2.67 bits per heavy atom. The molecule has 0 bridgehead atoms. The van der Waals surface area contributed by atoms with Gasteiger partial charge in [0.25, 0.3) is 0 Å². The van der Waals surface area contributed by atoms with Gasteiger partial charge in [-0.05, 0) is 7.05 Å². The number of aromatic nitrogens is 2. The first-order chi connectivity index (χ1) is 5.86. The fourth-order valence-corrected chi connectivity index (χ4v) is 1.92. The van der Waals surface area contributed by atoms with Crippen molar-refractivity contribution < 1.29 is 0 Å². The Bertz CT molecular complexity index is 228. The Balaban J connectivity index is 1.99. The molecule has 2 rings (SSSR count). The molecule has 0 unspecified atom stereocenters. The topological polar surface area (TPSA) is 32.3 Å². The molecule has 1 fully saturated rings. The average Bonchev–Trinajstić information content (AvgIpc) is 2.58. The molecule has 0 radical (unpaired) electrons. The smallest absolute Gasteiger partial charge is 0.208 e. The third kappa shape index (κ3) is 1.56. The first-order valence-corrected chi connectivity index (χ1v) is 4.94. The van der Waals surface area contributed by atoms with E-state index in [2.05, 4.69) is 27.0 Å². The van der Waals surface area contributed by atoms with E-state index < -0.39 is 0 Å². The minimum atomic E-state index is 1.06. The molecule has 0 aromatic carbocycles. The minimum Gasteiger partial charge on any atom is -0.344 e. The van der Waals surface area contributed by atoms with Crippen LogP contribution in [0, 0.1) is 0 Å². The van der Waals surface area contributed by atoms with Crippen molar-refractivity contribution >= 4 is 16.5 Å². The SMILES string of the molecule is CN1CCN(c2nncs2)CC1. The number of nitrogens with zero attached hydrogens (tertiary/aromatic N) is 4. The molecule has 0 saturated carbocycles. The van der Waals surface area contributed by atoms with Gasteiger partial charge in [0.1, 0.15) is 5.51 Å². The number of rotatable bonds is 1. The lowest BCUT2D eigenvalue weighted by Gasteiger charge is -2.31. The normalized spacial score (nSPS) is 19.9. The van der Waals surface area contributed by atoms with Crippen molar-refractivity contribution in [2.45, 2.75) is 0 Å². The quantitative estimate of drug-likeness (QED) is 0.628. The lowest BCUT2D eigenvalue weighted by Crippen LogP contribution is -2.44. The first-order valence-electron chi connectivity index (χ1n) is 4.06. The van der Waals surface area contributed by atoms with Crippen LogP contribution in [0.5, 0.6) is 0 Å². The van der Waals surface area contributed by atoms with E-state index in [-0.39, 0.29) is 0 Å². The van der Waals surface area contributed by atoms with Gasteiger partial charge in [-0.2, -0.15) is 0 Å². The third-order valence-corrected chi connectivity index (χ3v) is 2.87. The highest BCUT2D eigenvalue weighted by atomic mass is 32.1. The van der Waals surface area contributed by atoms with Gasteiger partial charge in [-0.15, -0.1) is 10.2 Å². The Morgan fingerprint density at radius 2 is 2.08 bits per heavy atom. The summed E-state index contributed by atoms with van der Waals surface area (Å²) < 4.78 is 0. The minimum absolute atomic E-state index is 1.06. The van der Waals surface area contributed by atoms with Crippen LogP contribution in [0.1, 0.15) is 0 Å². The van der Waals surface area contributed by atoms with Crippen LogP contribution in [-0.2, 0) is 0 Å². The zero-order chi connectivity index (χ0) is 8.39. The Morgan fingerprint density at radius 1 is 1.33 bits per heavy atom. The predicted molar refractivity (Wildman–Crippen MR) is 49.6 cm³/mol. The van der Waals surface area contributed by atoms with Gasteiger partial charge in [0, 0.05) is 26.2 Å². The Labute approximate surface area is 75.8 Å². The van der Waals surface area contributed by atoms with E-state index in [1.165, 1.54) is 0 Å². The van der Waals surface area contributed by atoms with Gasteiger partial charge in [0.05, 0.1) is 0 Å². The summed E-state index contributed by atoms with van der Waals surface area (Å²) in [5.74, 6) is 0. The maximum absolute atomic E-state index is 4.04. The summed E-state index contributed by atoms with van der Waals surface area (Å²) in [5.41, 5.74) is 1.79. The lowest BCUT2D eigenvalue weighted by molar-refractivity contribution is 0.312. The molecule has 0 atom stereocenters. The van der Waals surface area contributed by atoms with Crippen molar-refractivity contribution in [2.24, 2.45) is 0 Å². The maximum Gasteiger partial charge on any atom is 0.208 e. The van der Waals surface area contributed by atoms with E-state index in [1.807, 2.05) is 0 Å². The second-order valence-corrected chi connectivity index (χ2v) is 3.82. The molecule has 0 amide bonds. The summed E-state index contributed by atoms with van der Waals surface area (Å²) in [6, 6.07) is 0. The molecule has 2 heterocycles. The fourth-order valence-electron chi connectivity index (χ4n) is 1.30. The zero-order valence-electron chi connectivity index (χ0n) is 7.10. The van der Waals surface area contributed by atoms with Crippen LogP contribution in [0.2, 0.25) is 0 Å². The number of hydrogen-bond acceptors (Lipinski definition) is 5. The molecular weight excluding hydrogens is 172 g/mol. The van der Waals surface area contributed by atoms with Gasteiger partial charge in [0.2, 0.25) is 5.13 Å². The van der Waals surface area contributed by atoms with Crippen LogP contribution in [0.4, 0.5) is 5.13 Å². The van der Waals surface area contributed by atoms with Crippen LogP contribution in [0.3, 0.4) is 0 Å². The van der Waals surface area contributed by atoms with Crippen molar-refractivity contribution in [1.82, 2.24) is 15.1 Å². The van der Waals surface area contributed by atoms with Crippen molar-refractivity contribution in [3.05, 3.63) is 5.51 Å². The summed E-state index contributed by atoms with van der Waals surface area (Å²) in [5, 5.41) is 8.93. The van der Waals surface area contributed by atoms with E-state index in [0.717, 1.165) is 31.3 Å². The fraction of sp³-hybridized carbons (Fsp3) is 0.714. The largest absolute Gasteiger partial charge is 0.344 e. The Kier molecular flexibility index (Phi) is 2.23. The zero-order valence-corrected chi connectivity index (χ0v) is 7.92. The highest BCUT2D eigenvalue weighted by molar-refractivity contribution is 7.13. The average molecular weight is 184 g/mol. The molecule has 66 valence electrons. The summed E-state index contributed by atoms with van der Waals surface area (Å²) in [4.78, 5) is 4.62. The molecule has 5 heteroatoms. The van der Waals surface area contributed by atoms with Gasteiger partial charge in [-0.25, -0.2) is 0 Å². The number of anilines is 1. The van der Waals surface area contributed by atoms with Crippen molar-refractivity contribution in [1.29, 1.82) is 0 Å². The highest BCUT2D eigenvalue weighted by Crippen LogP contribution is 2.16. The summed E-state index contributed by atoms with van der Waals surface area (Å²) in [6.45, 7) is 4.40. The van der Waals surface area contributed by atoms with Gasteiger partial charge in [-0.3, -0.25) is 0 Å².